The summed E-state index contributed by atoms with van der Waals surface area (Å²) in [5, 5.41) is 2.25. The van der Waals surface area contributed by atoms with Gasteiger partial charge in [-0.3, -0.25) is 9.59 Å². The van der Waals surface area contributed by atoms with E-state index in [-0.39, 0.29) is 18.4 Å². The van der Waals surface area contributed by atoms with Gasteiger partial charge in [-0.15, -0.1) is 0 Å². The summed E-state index contributed by atoms with van der Waals surface area (Å²) >= 11 is 0. The number of fused-ring (bicyclic) bond motifs is 1. The average molecular weight is 322 g/mol. The van der Waals surface area contributed by atoms with Gasteiger partial charge in [-0.2, -0.15) is 0 Å². The molecule has 4 heteroatoms. The summed E-state index contributed by atoms with van der Waals surface area (Å²) in [4.78, 5) is 27.7. The summed E-state index contributed by atoms with van der Waals surface area (Å²) in [6, 6.07) is 14.1. The molecule has 24 heavy (non-hydrogen) atoms. The van der Waals surface area contributed by atoms with Crippen LogP contribution in [0.1, 0.15) is 18.4 Å². The lowest BCUT2D eigenvalue weighted by Gasteiger charge is -2.20. The number of nitrogens with zero attached hydrogens (tertiary/aromatic N) is 2. The molecular weight excluding hydrogens is 300 g/mol. The molecule has 1 saturated heterocycles. The first-order chi connectivity index (χ1) is 11.6. The fourth-order valence-electron chi connectivity index (χ4n) is 3.03. The molecule has 1 aliphatic heterocycles. The van der Waals surface area contributed by atoms with E-state index < -0.39 is 0 Å². The smallest absolute Gasteiger partial charge is 0.246 e. The molecule has 0 radical (unpaired) electrons. The number of hydrogen-bond acceptors (Lipinski definition) is 2. The quantitative estimate of drug-likeness (QED) is 0.812. The highest BCUT2D eigenvalue weighted by Crippen LogP contribution is 2.19. The second-order valence-electron chi connectivity index (χ2n) is 6.18. The maximum absolute atomic E-state index is 12.3. The van der Waals surface area contributed by atoms with Gasteiger partial charge in [0.05, 0.1) is 6.54 Å². The molecule has 0 aliphatic carbocycles. The Morgan fingerprint density at radius 2 is 1.79 bits per heavy atom. The second kappa shape index (κ2) is 7.30. The van der Waals surface area contributed by atoms with Crippen molar-refractivity contribution in [3.63, 3.8) is 0 Å². The van der Waals surface area contributed by atoms with Crippen molar-refractivity contribution in [2.75, 3.05) is 26.7 Å². The van der Waals surface area contributed by atoms with E-state index in [9.17, 15) is 9.59 Å². The van der Waals surface area contributed by atoms with E-state index in [1.54, 1.807) is 13.1 Å². The predicted molar refractivity (Wildman–Crippen MR) is 96.4 cm³/mol. The SMILES string of the molecule is CN(CC(=O)N1CCCC1)C(=O)/C=C/c1cccc2ccccc12. The summed E-state index contributed by atoms with van der Waals surface area (Å²) in [7, 11) is 1.67. The molecule has 1 fully saturated rings. The molecule has 2 aromatic rings. The number of carbonyl (C=O) groups is 2. The molecule has 2 amide bonds. The van der Waals surface area contributed by atoms with Crippen molar-refractivity contribution < 1.29 is 9.59 Å². The average Bonchev–Trinajstić information content (AvgIpc) is 3.14. The monoisotopic (exact) mass is 322 g/mol. The van der Waals surface area contributed by atoms with Crippen LogP contribution in [0.4, 0.5) is 0 Å². The summed E-state index contributed by atoms with van der Waals surface area (Å²) in [5.41, 5.74) is 1.00. The molecule has 4 nitrogen and oxygen atoms in total. The van der Waals surface area contributed by atoms with Crippen molar-refractivity contribution in [3.8, 4) is 0 Å². The molecule has 0 unspecified atom stereocenters. The van der Waals surface area contributed by atoms with E-state index in [0.717, 1.165) is 42.3 Å². The van der Waals surface area contributed by atoms with Gasteiger partial charge in [0, 0.05) is 26.2 Å². The number of amides is 2. The first kappa shape index (κ1) is 16.2. The van der Waals surface area contributed by atoms with Crippen molar-refractivity contribution in [3.05, 3.63) is 54.1 Å². The highest BCUT2D eigenvalue weighted by Gasteiger charge is 2.20. The zero-order valence-corrected chi connectivity index (χ0v) is 13.9. The van der Waals surface area contributed by atoms with Gasteiger partial charge in [0.2, 0.25) is 11.8 Å². The largest absolute Gasteiger partial charge is 0.341 e. The van der Waals surface area contributed by atoms with Gasteiger partial charge < -0.3 is 9.80 Å². The molecule has 1 heterocycles. The molecule has 2 aromatic carbocycles. The van der Waals surface area contributed by atoms with Crippen LogP contribution in [-0.2, 0) is 9.59 Å². The van der Waals surface area contributed by atoms with Crippen LogP contribution in [0.5, 0.6) is 0 Å². The summed E-state index contributed by atoms with van der Waals surface area (Å²) < 4.78 is 0. The topological polar surface area (TPSA) is 40.6 Å². The van der Waals surface area contributed by atoms with Gasteiger partial charge in [0.1, 0.15) is 0 Å². The van der Waals surface area contributed by atoms with Crippen LogP contribution < -0.4 is 0 Å². The third-order valence-electron chi connectivity index (χ3n) is 4.44. The number of rotatable bonds is 4. The highest BCUT2D eigenvalue weighted by atomic mass is 16.2. The summed E-state index contributed by atoms with van der Waals surface area (Å²) in [5.74, 6) is -0.127. The molecule has 1 aliphatic rings. The third kappa shape index (κ3) is 3.65. The summed E-state index contributed by atoms with van der Waals surface area (Å²) in [6.45, 7) is 1.76. The van der Waals surface area contributed by atoms with Gasteiger partial charge in [-0.25, -0.2) is 0 Å². The van der Waals surface area contributed by atoms with Crippen LogP contribution in [0.15, 0.2) is 48.5 Å². The molecule has 0 saturated carbocycles. The summed E-state index contributed by atoms with van der Waals surface area (Å²) in [6.07, 6.45) is 5.48. The minimum absolute atomic E-state index is 0.0295. The van der Waals surface area contributed by atoms with Crippen molar-refractivity contribution in [1.82, 2.24) is 9.80 Å². The number of likely N-dealkylation sites (tertiary alicyclic amines) is 1. The normalized spacial score (nSPS) is 14.5. The minimum Gasteiger partial charge on any atom is -0.341 e. The highest BCUT2D eigenvalue weighted by molar-refractivity contribution is 5.97. The van der Waals surface area contributed by atoms with Crippen LogP contribution in [0.3, 0.4) is 0 Å². The third-order valence-corrected chi connectivity index (χ3v) is 4.44. The lowest BCUT2D eigenvalue weighted by atomic mass is 10.0. The van der Waals surface area contributed by atoms with E-state index >= 15 is 0 Å². The lowest BCUT2D eigenvalue weighted by Crippen LogP contribution is -2.39. The van der Waals surface area contributed by atoms with Crippen molar-refractivity contribution in [1.29, 1.82) is 0 Å². The zero-order chi connectivity index (χ0) is 16.9. The minimum atomic E-state index is -0.157. The van der Waals surface area contributed by atoms with Crippen LogP contribution in [-0.4, -0.2) is 48.3 Å². The van der Waals surface area contributed by atoms with E-state index in [1.165, 1.54) is 4.90 Å². The van der Waals surface area contributed by atoms with Crippen molar-refractivity contribution in [2.24, 2.45) is 0 Å². The molecule has 0 spiro atoms. The second-order valence-corrected chi connectivity index (χ2v) is 6.18. The Hall–Kier alpha value is -2.62. The van der Waals surface area contributed by atoms with Crippen LogP contribution in [0.25, 0.3) is 16.8 Å². The fourth-order valence-corrected chi connectivity index (χ4v) is 3.03. The number of benzene rings is 2. The number of hydrogen-bond donors (Lipinski definition) is 0. The Labute approximate surface area is 142 Å². The predicted octanol–water partition coefficient (Wildman–Crippen LogP) is 2.93. The lowest BCUT2D eigenvalue weighted by molar-refractivity contribution is -0.136. The van der Waals surface area contributed by atoms with E-state index in [2.05, 4.69) is 12.1 Å². The maximum Gasteiger partial charge on any atom is 0.246 e. The standard InChI is InChI=1S/C20H22N2O2/c1-21(15-20(24)22-13-4-5-14-22)19(23)12-11-17-9-6-8-16-7-2-3-10-18(16)17/h2-3,6-12H,4-5,13-15H2,1H3/b12-11+. The molecule has 124 valence electrons. The first-order valence-electron chi connectivity index (χ1n) is 8.34. The maximum atomic E-state index is 12.3. The number of likely N-dealkylation sites (N-methyl/N-ethyl adjacent to an activating group) is 1. The molecular formula is C20H22N2O2. The first-order valence-corrected chi connectivity index (χ1v) is 8.34. The van der Waals surface area contributed by atoms with E-state index in [0.29, 0.717) is 0 Å². The van der Waals surface area contributed by atoms with E-state index in [4.69, 9.17) is 0 Å². The Morgan fingerprint density at radius 1 is 1.08 bits per heavy atom. The van der Waals surface area contributed by atoms with Gasteiger partial charge in [0.15, 0.2) is 0 Å². The fraction of sp³-hybridized carbons (Fsp3) is 0.300. The van der Waals surface area contributed by atoms with Gasteiger partial charge >= 0.3 is 0 Å². The molecule has 0 aromatic heterocycles. The van der Waals surface area contributed by atoms with Crippen molar-refractivity contribution in [2.45, 2.75) is 12.8 Å². The Kier molecular flexibility index (Phi) is 4.94. The van der Waals surface area contributed by atoms with Gasteiger partial charge in [0.25, 0.3) is 0 Å². The van der Waals surface area contributed by atoms with Crippen LogP contribution in [0, 0.1) is 0 Å². The van der Waals surface area contributed by atoms with Gasteiger partial charge in [-0.1, -0.05) is 42.5 Å². The van der Waals surface area contributed by atoms with Crippen molar-refractivity contribution >= 4 is 28.7 Å². The van der Waals surface area contributed by atoms with Crippen LogP contribution in [0.2, 0.25) is 0 Å². The van der Waals surface area contributed by atoms with Gasteiger partial charge in [-0.05, 0) is 35.3 Å². The Balaban J connectivity index is 1.66. The molecule has 0 atom stereocenters. The molecule has 0 N–H and O–H groups in total. The van der Waals surface area contributed by atoms with Crippen LogP contribution >= 0.6 is 0 Å². The van der Waals surface area contributed by atoms with E-state index in [1.807, 2.05) is 41.3 Å². The Bertz CT molecular complexity index is 771. The Morgan fingerprint density at radius 3 is 2.58 bits per heavy atom. The number of carbonyl (C=O) groups excluding carboxylic acids is 2. The zero-order valence-electron chi connectivity index (χ0n) is 13.9. The molecule has 0 bridgehead atoms. The molecule has 3 rings (SSSR count).